The van der Waals surface area contributed by atoms with Crippen molar-refractivity contribution in [3.05, 3.63) is 29.8 Å². The lowest BCUT2D eigenvalue weighted by atomic mass is 9.86. The molecule has 0 amide bonds. The second-order valence-corrected chi connectivity index (χ2v) is 4.24. The minimum absolute atomic E-state index is 0.132. The topological polar surface area (TPSA) is 27.1 Å². The molecule has 0 fully saturated rings. The Morgan fingerprint density at radius 3 is 2.57 bits per heavy atom. The van der Waals surface area contributed by atoms with E-state index in [1.54, 1.807) is 0 Å². The van der Waals surface area contributed by atoms with Crippen molar-refractivity contribution in [2.24, 2.45) is 0 Å². The van der Waals surface area contributed by atoms with E-state index in [9.17, 15) is 0 Å². The highest BCUT2D eigenvalue weighted by atomic mass is 15.2. The molecule has 0 spiro atoms. The molecule has 1 aromatic rings. The van der Waals surface area contributed by atoms with Gasteiger partial charge in [0.1, 0.15) is 5.84 Å². The first-order valence-corrected chi connectivity index (χ1v) is 5.05. The van der Waals surface area contributed by atoms with Crippen LogP contribution in [0.3, 0.4) is 0 Å². The van der Waals surface area contributed by atoms with Gasteiger partial charge >= 0.3 is 0 Å². The highest BCUT2D eigenvalue weighted by molar-refractivity contribution is 6.09. The van der Waals surface area contributed by atoms with E-state index in [-0.39, 0.29) is 5.41 Å². The second kappa shape index (κ2) is 2.84. The number of benzene rings is 1. The van der Waals surface area contributed by atoms with Gasteiger partial charge in [-0.15, -0.1) is 0 Å². The highest BCUT2D eigenvalue weighted by Gasteiger charge is 2.39. The first-order valence-electron chi connectivity index (χ1n) is 5.05. The molecule has 1 aliphatic heterocycles. The Morgan fingerprint density at radius 2 is 1.93 bits per heavy atom. The third-order valence-electron chi connectivity index (χ3n) is 3.05. The first-order chi connectivity index (χ1) is 6.59. The van der Waals surface area contributed by atoms with Gasteiger partial charge < -0.3 is 4.90 Å². The second-order valence-electron chi connectivity index (χ2n) is 4.24. The first kappa shape index (κ1) is 9.25. The minimum Gasteiger partial charge on any atom is -0.330 e. The normalized spacial score (nSPS) is 18.5. The average Bonchev–Trinajstić information content (AvgIpc) is 2.37. The van der Waals surface area contributed by atoms with Crippen LogP contribution in [0.4, 0.5) is 5.69 Å². The lowest BCUT2D eigenvalue weighted by molar-refractivity contribution is 0.725. The van der Waals surface area contributed by atoms with Gasteiger partial charge in [-0.05, 0) is 32.4 Å². The van der Waals surface area contributed by atoms with Crippen molar-refractivity contribution in [3.63, 3.8) is 0 Å². The molecule has 0 radical (unpaired) electrons. The number of rotatable bonds is 1. The average molecular weight is 188 g/mol. The van der Waals surface area contributed by atoms with Gasteiger partial charge in [0.15, 0.2) is 0 Å². The van der Waals surface area contributed by atoms with Gasteiger partial charge in [0.2, 0.25) is 0 Å². The van der Waals surface area contributed by atoms with Crippen LogP contribution in [-0.4, -0.2) is 12.4 Å². The molecule has 0 saturated heterocycles. The summed E-state index contributed by atoms with van der Waals surface area (Å²) >= 11 is 0. The van der Waals surface area contributed by atoms with Crippen molar-refractivity contribution in [1.82, 2.24) is 0 Å². The molecule has 2 nitrogen and oxygen atoms in total. The Morgan fingerprint density at radius 1 is 1.29 bits per heavy atom. The van der Waals surface area contributed by atoms with Crippen molar-refractivity contribution in [2.75, 3.05) is 11.4 Å². The summed E-state index contributed by atoms with van der Waals surface area (Å²) in [7, 11) is 0. The number of para-hydroxylation sites is 1. The van der Waals surface area contributed by atoms with Crippen LogP contribution in [0.15, 0.2) is 24.3 Å². The number of fused-ring (bicyclic) bond motifs is 1. The fourth-order valence-corrected chi connectivity index (χ4v) is 2.15. The van der Waals surface area contributed by atoms with Crippen LogP contribution in [0.25, 0.3) is 0 Å². The molecule has 0 aromatic heterocycles. The van der Waals surface area contributed by atoms with Crippen molar-refractivity contribution in [1.29, 1.82) is 5.41 Å². The smallest absolute Gasteiger partial charge is 0.111 e. The van der Waals surface area contributed by atoms with E-state index in [1.165, 1.54) is 11.3 Å². The van der Waals surface area contributed by atoms with Crippen LogP contribution >= 0.6 is 0 Å². The lowest BCUT2D eigenvalue weighted by Gasteiger charge is -2.22. The van der Waals surface area contributed by atoms with Crippen molar-refractivity contribution in [2.45, 2.75) is 26.2 Å². The SMILES string of the molecule is CCN1C(=N)C(C)(C)c2ccccc21. The van der Waals surface area contributed by atoms with Crippen molar-refractivity contribution in [3.8, 4) is 0 Å². The molecule has 2 heteroatoms. The molecule has 14 heavy (non-hydrogen) atoms. The zero-order chi connectivity index (χ0) is 10.3. The zero-order valence-corrected chi connectivity index (χ0v) is 8.96. The largest absolute Gasteiger partial charge is 0.330 e. The summed E-state index contributed by atoms with van der Waals surface area (Å²) in [6, 6.07) is 8.31. The van der Waals surface area contributed by atoms with Crippen LogP contribution in [0.5, 0.6) is 0 Å². The fourth-order valence-electron chi connectivity index (χ4n) is 2.15. The predicted octanol–water partition coefficient (Wildman–Crippen LogP) is 2.78. The predicted molar refractivity (Wildman–Crippen MR) is 60.2 cm³/mol. The van der Waals surface area contributed by atoms with Gasteiger partial charge in [-0.1, -0.05) is 18.2 Å². The van der Waals surface area contributed by atoms with Crippen LogP contribution in [0, 0.1) is 5.41 Å². The Balaban J connectivity index is 2.62. The Labute approximate surface area is 85.1 Å². The number of nitrogens with one attached hydrogen (secondary N) is 1. The lowest BCUT2D eigenvalue weighted by Crippen LogP contribution is -2.35. The molecular weight excluding hydrogens is 172 g/mol. The quantitative estimate of drug-likeness (QED) is 0.721. The molecule has 1 heterocycles. The van der Waals surface area contributed by atoms with E-state index >= 15 is 0 Å². The van der Waals surface area contributed by atoms with Gasteiger partial charge in [0, 0.05) is 17.6 Å². The number of nitrogens with zero attached hydrogens (tertiary/aromatic N) is 1. The van der Waals surface area contributed by atoms with Crippen molar-refractivity contribution < 1.29 is 0 Å². The summed E-state index contributed by atoms with van der Waals surface area (Å²) in [5.41, 5.74) is 2.34. The van der Waals surface area contributed by atoms with E-state index < -0.39 is 0 Å². The van der Waals surface area contributed by atoms with Gasteiger partial charge in [-0.25, -0.2) is 0 Å². The Hall–Kier alpha value is -1.31. The molecule has 0 unspecified atom stereocenters. The van der Waals surface area contributed by atoms with Gasteiger partial charge in [0.05, 0.1) is 0 Å². The number of anilines is 1. The van der Waals surface area contributed by atoms with Crippen LogP contribution in [-0.2, 0) is 5.41 Å². The Kier molecular flexibility index (Phi) is 1.88. The number of likely N-dealkylation sites (N-methyl/N-ethyl adjacent to an activating group) is 1. The van der Waals surface area contributed by atoms with Crippen LogP contribution < -0.4 is 4.90 Å². The fraction of sp³-hybridized carbons (Fsp3) is 0.417. The monoisotopic (exact) mass is 188 g/mol. The highest BCUT2D eigenvalue weighted by Crippen LogP contribution is 2.40. The summed E-state index contributed by atoms with van der Waals surface area (Å²) in [5.74, 6) is 0.709. The summed E-state index contributed by atoms with van der Waals surface area (Å²) in [6.45, 7) is 7.19. The van der Waals surface area contributed by atoms with Crippen molar-refractivity contribution >= 4 is 11.5 Å². The number of hydrogen-bond acceptors (Lipinski definition) is 1. The van der Waals surface area contributed by atoms with E-state index in [0.717, 1.165) is 6.54 Å². The molecule has 1 N–H and O–H groups in total. The van der Waals surface area contributed by atoms with E-state index in [4.69, 9.17) is 5.41 Å². The maximum atomic E-state index is 8.12. The van der Waals surface area contributed by atoms with Crippen LogP contribution in [0.2, 0.25) is 0 Å². The molecule has 1 aliphatic rings. The summed E-state index contributed by atoms with van der Waals surface area (Å²) in [6.07, 6.45) is 0. The molecule has 0 aliphatic carbocycles. The molecule has 0 bridgehead atoms. The maximum Gasteiger partial charge on any atom is 0.111 e. The summed E-state index contributed by atoms with van der Waals surface area (Å²) in [5, 5.41) is 8.12. The van der Waals surface area contributed by atoms with Gasteiger partial charge in [-0.2, -0.15) is 0 Å². The standard InChI is InChI=1S/C12H16N2/c1-4-14-10-8-6-5-7-9(10)12(2,3)11(14)13/h5-8,13H,4H2,1-3H3. The third kappa shape index (κ3) is 0.999. The third-order valence-corrected chi connectivity index (χ3v) is 3.05. The van der Waals surface area contributed by atoms with E-state index in [1.807, 2.05) is 12.1 Å². The summed E-state index contributed by atoms with van der Waals surface area (Å²) < 4.78 is 0. The van der Waals surface area contributed by atoms with Gasteiger partial charge in [0.25, 0.3) is 0 Å². The van der Waals surface area contributed by atoms with E-state index in [2.05, 4.69) is 37.8 Å². The van der Waals surface area contributed by atoms with E-state index in [0.29, 0.717) is 5.84 Å². The number of hydrogen-bond donors (Lipinski definition) is 1. The molecule has 0 atom stereocenters. The molecular formula is C12H16N2. The molecule has 74 valence electrons. The number of amidine groups is 1. The molecule has 2 rings (SSSR count). The molecule has 0 saturated carbocycles. The maximum absolute atomic E-state index is 8.12. The molecule has 1 aromatic carbocycles. The minimum atomic E-state index is -0.132. The summed E-state index contributed by atoms with van der Waals surface area (Å²) in [4.78, 5) is 2.08. The van der Waals surface area contributed by atoms with Gasteiger partial charge in [-0.3, -0.25) is 5.41 Å². The zero-order valence-electron chi connectivity index (χ0n) is 8.96. The Bertz CT molecular complexity index is 380. The van der Waals surface area contributed by atoms with Crippen LogP contribution in [0.1, 0.15) is 26.3 Å².